The zero-order valence-corrected chi connectivity index (χ0v) is 11.2. The molecule has 1 heterocycles. The summed E-state index contributed by atoms with van der Waals surface area (Å²) in [5.41, 5.74) is 0.126. The monoisotopic (exact) mass is 239 g/mol. The van der Waals surface area contributed by atoms with E-state index in [1.807, 2.05) is 18.4 Å². The van der Waals surface area contributed by atoms with Gasteiger partial charge in [-0.1, -0.05) is 0 Å². The third kappa shape index (κ3) is 2.47. The van der Waals surface area contributed by atoms with Crippen molar-refractivity contribution in [1.29, 1.82) is 0 Å². The summed E-state index contributed by atoms with van der Waals surface area (Å²) >= 11 is 1.88. The highest BCUT2D eigenvalue weighted by Gasteiger charge is 2.36. The second kappa shape index (κ2) is 4.86. The molecule has 0 radical (unpaired) electrons. The fourth-order valence-corrected chi connectivity index (χ4v) is 3.05. The summed E-state index contributed by atoms with van der Waals surface area (Å²) in [6.45, 7) is 5.36. The molecule has 3 heteroatoms. The Labute approximate surface area is 102 Å². The van der Waals surface area contributed by atoms with E-state index in [4.69, 9.17) is 4.74 Å². The molecular weight excluding hydrogens is 218 g/mol. The maximum Gasteiger partial charge on any atom is 0.0802 e. The molecule has 1 N–H and O–H groups in total. The molecule has 1 aromatic heterocycles. The Balaban J connectivity index is 1.86. The summed E-state index contributed by atoms with van der Waals surface area (Å²) in [6.07, 6.45) is 3.71. The summed E-state index contributed by atoms with van der Waals surface area (Å²) in [7, 11) is 1.83. The van der Waals surface area contributed by atoms with Crippen molar-refractivity contribution in [2.45, 2.75) is 44.8 Å². The fourth-order valence-electron chi connectivity index (χ4n) is 2.15. The van der Waals surface area contributed by atoms with Crippen molar-refractivity contribution in [3.8, 4) is 0 Å². The zero-order valence-electron chi connectivity index (χ0n) is 10.4. The molecule has 0 aliphatic heterocycles. The maximum atomic E-state index is 5.61. The van der Waals surface area contributed by atoms with Gasteiger partial charge in [-0.25, -0.2) is 0 Å². The van der Waals surface area contributed by atoms with Crippen LogP contribution in [0.4, 0.5) is 0 Å². The Morgan fingerprint density at radius 3 is 2.69 bits per heavy atom. The van der Waals surface area contributed by atoms with Crippen LogP contribution in [0.5, 0.6) is 0 Å². The van der Waals surface area contributed by atoms with Crippen LogP contribution in [-0.4, -0.2) is 19.3 Å². The van der Waals surface area contributed by atoms with Crippen molar-refractivity contribution in [3.63, 3.8) is 0 Å². The summed E-state index contributed by atoms with van der Waals surface area (Å²) < 4.78 is 5.61. The van der Waals surface area contributed by atoms with Gasteiger partial charge in [0.2, 0.25) is 0 Å². The molecule has 1 aliphatic carbocycles. The molecule has 1 fully saturated rings. The topological polar surface area (TPSA) is 21.3 Å². The van der Waals surface area contributed by atoms with Crippen molar-refractivity contribution < 1.29 is 4.74 Å². The van der Waals surface area contributed by atoms with Crippen LogP contribution in [0.25, 0.3) is 0 Å². The molecule has 2 nitrogen and oxygen atoms in total. The minimum Gasteiger partial charge on any atom is -0.377 e. The van der Waals surface area contributed by atoms with Crippen molar-refractivity contribution >= 4 is 11.3 Å². The molecule has 2 rings (SSSR count). The van der Waals surface area contributed by atoms with Crippen molar-refractivity contribution in [2.75, 3.05) is 13.7 Å². The van der Waals surface area contributed by atoms with E-state index in [2.05, 4.69) is 31.3 Å². The minimum atomic E-state index is 0.126. The van der Waals surface area contributed by atoms with Crippen LogP contribution in [0.2, 0.25) is 0 Å². The molecule has 0 amide bonds. The second-order valence-corrected chi connectivity index (χ2v) is 6.11. The molecule has 1 saturated carbocycles. The fraction of sp³-hybridized carbons (Fsp3) is 0.692. The Morgan fingerprint density at radius 1 is 1.50 bits per heavy atom. The predicted octanol–water partition coefficient (Wildman–Crippen LogP) is 3.28. The second-order valence-electron chi connectivity index (χ2n) is 4.79. The van der Waals surface area contributed by atoms with Gasteiger partial charge in [-0.3, -0.25) is 0 Å². The Hall–Kier alpha value is -0.380. The zero-order chi connectivity index (χ0) is 11.6. The Kier molecular flexibility index (Phi) is 3.67. The van der Waals surface area contributed by atoms with Gasteiger partial charge in [0.1, 0.15) is 0 Å². The van der Waals surface area contributed by atoms with Crippen LogP contribution in [0, 0.1) is 6.92 Å². The number of nitrogens with one attached hydrogen (secondary N) is 1. The lowest BCUT2D eigenvalue weighted by molar-refractivity contribution is -0.0706. The first-order valence-electron chi connectivity index (χ1n) is 6.00. The molecule has 1 aromatic rings. The number of hydrogen-bond acceptors (Lipinski definition) is 3. The van der Waals surface area contributed by atoms with E-state index < -0.39 is 0 Å². The lowest BCUT2D eigenvalue weighted by Crippen LogP contribution is -2.48. The van der Waals surface area contributed by atoms with E-state index in [0.29, 0.717) is 6.04 Å². The summed E-state index contributed by atoms with van der Waals surface area (Å²) in [5.74, 6) is 0. The number of aryl methyl sites for hydroxylation is 1. The highest BCUT2D eigenvalue weighted by molar-refractivity contribution is 7.12. The predicted molar refractivity (Wildman–Crippen MR) is 69.1 cm³/mol. The van der Waals surface area contributed by atoms with Gasteiger partial charge in [0.15, 0.2) is 0 Å². The highest BCUT2D eigenvalue weighted by Crippen LogP contribution is 2.35. The van der Waals surface area contributed by atoms with Crippen LogP contribution in [0.3, 0.4) is 0 Å². The van der Waals surface area contributed by atoms with E-state index in [1.165, 1.54) is 29.0 Å². The lowest BCUT2D eigenvalue weighted by atomic mass is 9.80. The largest absolute Gasteiger partial charge is 0.377 e. The Bertz CT molecular complexity index is 338. The first-order chi connectivity index (χ1) is 7.65. The number of hydrogen-bond donors (Lipinski definition) is 1. The first kappa shape index (κ1) is 12.1. The molecule has 0 saturated heterocycles. The first-order valence-corrected chi connectivity index (χ1v) is 6.82. The van der Waals surface area contributed by atoms with Gasteiger partial charge in [-0.15, -0.1) is 11.3 Å². The molecule has 0 bridgehead atoms. The quantitative estimate of drug-likeness (QED) is 0.851. The summed E-state index contributed by atoms with van der Waals surface area (Å²) in [5, 5.41) is 3.59. The standard InChI is InChI=1S/C13H21NOS/c1-10-5-6-12(16-10)11(2)14-9-13(15-3)7-4-8-13/h5-6,11,14H,4,7-9H2,1-3H3. The van der Waals surface area contributed by atoms with Crippen LogP contribution in [-0.2, 0) is 4.74 Å². The third-order valence-electron chi connectivity index (χ3n) is 3.62. The number of thiophene rings is 1. The van der Waals surface area contributed by atoms with Gasteiger partial charge in [0.25, 0.3) is 0 Å². The van der Waals surface area contributed by atoms with Crippen LogP contribution in [0.15, 0.2) is 12.1 Å². The van der Waals surface area contributed by atoms with Gasteiger partial charge >= 0.3 is 0 Å². The maximum absolute atomic E-state index is 5.61. The van der Waals surface area contributed by atoms with Gasteiger partial charge in [-0.2, -0.15) is 0 Å². The molecule has 0 aromatic carbocycles. The Morgan fingerprint density at radius 2 is 2.25 bits per heavy atom. The highest BCUT2D eigenvalue weighted by atomic mass is 32.1. The van der Waals surface area contributed by atoms with Crippen LogP contribution >= 0.6 is 11.3 Å². The smallest absolute Gasteiger partial charge is 0.0802 e. The average molecular weight is 239 g/mol. The van der Waals surface area contributed by atoms with Crippen molar-refractivity contribution in [2.24, 2.45) is 0 Å². The SMILES string of the molecule is COC1(CNC(C)c2ccc(C)s2)CCC1. The van der Waals surface area contributed by atoms with Gasteiger partial charge in [0.05, 0.1) is 5.60 Å². The molecule has 1 aliphatic rings. The molecule has 90 valence electrons. The molecule has 16 heavy (non-hydrogen) atoms. The normalized spacial score (nSPS) is 20.4. The third-order valence-corrected chi connectivity index (χ3v) is 4.80. The van der Waals surface area contributed by atoms with E-state index in [9.17, 15) is 0 Å². The number of rotatable bonds is 5. The van der Waals surface area contributed by atoms with E-state index >= 15 is 0 Å². The average Bonchev–Trinajstić information content (AvgIpc) is 2.64. The molecule has 1 atom stereocenters. The van der Waals surface area contributed by atoms with Gasteiger partial charge in [-0.05, 0) is 45.2 Å². The minimum absolute atomic E-state index is 0.126. The van der Waals surface area contributed by atoms with Crippen molar-refractivity contribution in [3.05, 3.63) is 21.9 Å². The lowest BCUT2D eigenvalue weighted by Gasteiger charge is -2.41. The number of ether oxygens (including phenoxy) is 1. The van der Waals surface area contributed by atoms with Crippen LogP contribution < -0.4 is 5.32 Å². The van der Waals surface area contributed by atoms with E-state index in [-0.39, 0.29) is 5.60 Å². The molecule has 0 spiro atoms. The van der Waals surface area contributed by atoms with Crippen molar-refractivity contribution in [1.82, 2.24) is 5.32 Å². The van der Waals surface area contributed by atoms with E-state index in [0.717, 1.165) is 6.54 Å². The molecular formula is C13H21NOS. The number of methoxy groups -OCH3 is 1. The van der Waals surface area contributed by atoms with Gasteiger partial charge < -0.3 is 10.1 Å². The van der Waals surface area contributed by atoms with Gasteiger partial charge in [0, 0.05) is 29.5 Å². The molecule has 1 unspecified atom stereocenters. The summed E-state index contributed by atoms with van der Waals surface area (Å²) in [4.78, 5) is 2.80. The summed E-state index contributed by atoms with van der Waals surface area (Å²) in [6, 6.07) is 4.84. The van der Waals surface area contributed by atoms with Crippen LogP contribution in [0.1, 0.15) is 42.0 Å². The van der Waals surface area contributed by atoms with E-state index in [1.54, 1.807) is 0 Å².